The summed E-state index contributed by atoms with van der Waals surface area (Å²) in [4.78, 5) is 10.4. The van der Waals surface area contributed by atoms with Crippen LogP contribution in [-0.2, 0) is 0 Å². The van der Waals surface area contributed by atoms with E-state index in [0.29, 0.717) is 0 Å². The highest BCUT2D eigenvalue weighted by molar-refractivity contribution is 6.09. The maximum Gasteiger partial charge on any atom is 0.0446 e. The summed E-state index contributed by atoms with van der Waals surface area (Å²) in [5.74, 6) is 0. The van der Waals surface area contributed by atoms with Gasteiger partial charge in [-0.25, -0.2) is 0 Å². The minimum Gasteiger partial charge on any atom is -0.371 e. The lowest BCUT2D eigenvalue weighted by atomic mass is 9.98. The van der Waals surface area contributed by atoms with Crippen LogP contribution in [-0.4, -0.2) is 52.4 Å². The van der Waals surface area contributed by atoms with Crippen LogP contribution in [0.15, 0.2) is 97.1 Å². The maximum absolute atomic E-state index is 2.59. The Bertz CT molecular complexity index is 1840. The third kappa shape index (κ3) is 6.77. The molecule has 0 bridgehead atoms. The first kappa shape index (κ1) is 33.4. The predicted molar refractivity (Wildman–Crippen MR) is 227 cm³/mol. The second-order valence-electron chi connectivity index (χ2n) is 15.9. The third-order valence-corrected chi connectivity index (χ3v) is 12.5. The standard InChI is InChI=1S/2C24H28N2/c2*1-3-13-25(14-4-1)23-11-7-9-19-18-22-20(17-21(19)23)10-8-12-24(22)26-15-5-2-6-16-26/h2*7-12,17-18H,1-6,13-16H2. The Labute approximate surface area is 311 Å². The highest BCUT2D eigenvalue weighted by Gasteiger charge is 2.19. The zero-order valence-corrected chi connectivity index (χ0v) is 31.2. The molecule has 268 valence electrons. The molecule has 0 N–H and O–H groups in total. The maximum atomic E-state index is 2.59. The average Bonchev–Trinajstić information content (AvgIpc) is 3.23. The summed E-state index contributed by atoms with van der Waals surface area (Å²) in [5, 5.41) is 11.2. The monoisotopic (exact) mass is 688 g/mol. The van der Waals surface area contributed by atoms with Crippen molar-refractivity contribution in [3.63, 3.8) is 0 Å². The molecular formula is C48H56N4. The Morgan fingerprint density at radius 2 is 0.462 bits per heavy atom. The van der Waals surface area contributed by atoms with Gasteiger partial charge in [0.1, 0.15) is 0 Å². The summed E-state index contributed by atoms with van der Waals surface area (Å²) < 4.78 is 0. The summed E-state index contributed by atoms with van der Waals surface area (Å²) in [6, 6.07) is 37.1. The molecule has 6 aromatic carbocycles. The normalized spacial score (nSPS) is 18.6. The van der Waals surface area contributed by atoms with Gasteiger partial charge in [0.25, 0.3) is 0 Å². The molecule has 0 radical (unpaired) electrons. The molecule has 10 rings (SSSR count). The topological polar surface area (TPSA) is 13.0 Å². The van der Waals surface area contributed by atoms with Crippen LogP contribution in [0.25, 0.3) is 43.1 Å². The van der Waals surface area contributed by atoms with Crippen molar-refractivity contribution in [2.75, 3.05) is 72.0 Å². The molecule has 0 unspecified atom stereocenters. The van der Waals surface area contributed by atoms with E-state index in [-0.39, 0.29) is 0 Å². The molecule has 4 heterocycles. The first-order chi connectivity index (χ1) is 25.8. The van der Waals surface area contributed by atoms with Gasteiger partial charge in [0.05, 0.1) is 0 Å². The van der Waals surface area contributed by atoms with Gasteiger partial charge in [-0.3, -0.25) is 0 Å². The van der Waals surface area contributed by atoms with E-state index >= 15 is 0 Å². The Balaban J connectivity index is 0.000000138. The number of anilines is 4. The zero-order valence-electron chi connectivity index (χ0n) is 31.2. The largest absolute Gasteiger partial charge is 0.371 e. The second kappa shape index (κ2) is 15.3. The van der Waals surface area contributed by atoms with Gasteiger partial charge in [-0.1, -0.05) is 48.5 Å². The van der Waals surface area contributed by atoms with E-state index < -0.39 is 0 Å². The molecule has 0 saturated carbocycles. The van der Waals surface area contributed by atoms with Crippen molar-refractivity contribution >= 4 is 65.8 Å². The molecule has 4 aliphatic rings. The first-order valence-electron chi connectivity index (χ1n) is 20.7. The Hall–Kier alpha value is -4.44. The smallest absolute Gasteiger partial charge is 0.0446 e. The van der Waals surface area contributed by atoms with Crippen LogP contribution in [0.4, 0.5) is 22.7 Å². The van der Waals surface area contributed by atoms with Crippen LogP contribution in [0.2, 0.25) is 0 Å². The second-order valence-corrected chi connectivity index (χ2v) is 15.9. The molecule has 6 aromatic rings. The molecule has 4 saturated heterocycles. The fourth-order valence-electron chi connectivity index (χ4n) is 9.68. The van der Waals surface area contributed by atoms with Crippen LogP contribution in [0.5, 0.6) is 0 Å². The summed E-state index contributed by atoms with van der Waals surface area (Å²) >= 11 is 0. The Kier molecular flexibility index (Phi) is 9.81. The number of hydrogen-bond donors (Lipinski definition) is 0. The number of fused-ring (bicyclic) bond motifs is 4. The van der Waals surface area contributed by atoms with Crippen molar-refractivity contribution in [1.29, 1.82) is 0 Å². The zero-order chi connectivity index (χ0) is 34.7. The van der Waals surface area contributed by atoms with E-state index in [0.717, 1.165) is 0 Å². The van der Waals surface area contributed by atoms with Crippen molar-refractivity contribution in [2.45, 2.75) is 77.0 Å². The highest BCUT2D eigenvalue weighted by Crippen LogP contribution is 2.38. The van der Waals surface area contributed by atoms with Gasteiger partial charge in [-0.2, -0.15) is 0 Å². The molecule has 0 amide bonds. The minimum absolute atomic E-state index is 1.20. The van der Waals surface area contributed by atoms with Crippen molar-refractivity contribution in [2.24, 2.45) is 0 Å². The van der Waals surface area contributed by atoms with Crippen LogP contribution in [0, 0.1) is 0 Å². The van der Waals surface area contributed by atoms with E-state index in [1.807, 2.05) is 0 Å². The molecular weight excluding hydrogens is 633 g/mol. The number of benzene rings is 6. The fourth-order valence-corrected chi connectivity index (χ4v) is 9.68. The van der Waals surface area contributed by atoms with Crippen LogP contribution >= 0.6 is 0 Å². The number of nitrogens with zero attached hydrogens (tertiary/aromatic N) is 4. The van der Waals surface area contributed by atoms with Crippen molar-refractivity contribution in [3.8, 4) is 0 Å². The molecule has 4 heteroatoms. The highest BCUT2D eigenvalue weighted by atomic mass is 15.1. The summed E-state index contributed by atoms with van der Waals surface area (Å²) in [7, 11) is 0. The minimum atomic E-state index is 1.20. The Morgan fingerprint density at radius 1 is 0.250 bits per heavy atom. The van der Waals surface area contributed by atoms with Crippen molar-refractivity contribution in [3.05, 3.63) is 97.1 Å². The van der Waals surface area contributed by atoms with E-state index in [1.165, 1.54) is 195 Å². The van der Waals surface area contributed by atoms with E-state index in [2.05, 4.69) is 117 Å². The van der Waals surface area contributed by atoms with Crippen LogP contribution in [0.3, 0.4) is 0 Å². The molecule has 4 nitrogen and oxygen atoms in total. The van der Waals surface area contributed by atoms with Gasteiger partial charge >= 0.3 is 0 Å². The van der Waals surface area contributed by atoms with Gasteiger partial charge in [-0.15, -0.1) is 0 Å². The predicted octanol–water partition coefficient (Wildman–Crippen LogP) is 11.9. The van der Waals surface area contributed by atoms with E-state index in [4.69, 9.17) is 0 Å². The van der Waals surface area contributed by atoms with Gasteiger partial charge in [0, 0.05) is 96.7 Å². The molecule has 52 heavy (non-hydrogen) atoms. The average molecular weight is 689 g/mol. The lowest BCUT2D eigenvalue weighted by Crippen LogP contribution is -2.29. The number of piperidine rings is 4. The van der Waals surface area contributed by atoms with Gasteiger partial charge < -0.3 is 19.6 Å². The van der Waals surface area contributed by atoms with Crippen LogP contribution < -0.4 is 19.6 Å². The van der Waals surface area contributed by atoms with Crippen LogP contribution in [0.1, 0.15) is 77.0 Å². The SMILES string of the molecule is c1cc(N2CCCCC2)c2cc3cccc(N4CCCCC4)c3cc2c1.c1cc(N2CCCCC2)c2cc3cccc(N4CCCCC4)c3cc2c1. The molecule has 4 aliphatic heterocycles. The molecule has 0 spiro atoms. The Morgan fingerprint density at radius 3 is 0.673 bits per heavy atom. The fraction of sp³-hybridized carbons (Fsp3) is 0.417. The van der Waals surface area contributed by atoms with Gasteiger partial charge in [0.15, 0.2) is 0 Å². The molecule has 0 aromatic heterocycles. The summed E-state index contributed by atoms with van der Waals surface area (Å²) in [5.41, 5.74) is 5.69. The van der Waals surface area contributed by atoms with Gasteiger partial charge in [-0.05, 0) is 147 Å². The quantitative estimate of drug-likeness (QED) is 0.171. The molecule has 0 atom stereocenters. The lowest BCUT2D eigenvalue weighted by Gasteiger charge is -2.31. The number of hydrogen-bond acceptors (Lipinski definition) is 4. The van der Waals surface area contributed by atoms with Crippen molar-refractivity contribution < 1.29 is 0 Å². The van der Waals surface area contributed by atoms with Crippen molar-refractivity contribution in [1.82, 2.24) is 0 Å². The summed E-state index contributed by atoms with van der Waals surface area (Å²) in [6.07, 6.45) is 16.1. The first-order valence-corrected chi connectivity index (χ1v) is 20.7. The molecule has 0 aliphatic carbocycles. The number of rotatable bonds is 4. The molecule has 4 fully saturated rings. The van der Waals surface area contributed by atoms with Gasteiger partial charge in [0.2, 0.25) is 0 Å². The van der Waals surface area contributed by atoms with E-state index in [9.17, 15) is 0 Å². The summed E-state index contributed by atoms with van der Waals surface area (Å²) in [6.45, 7) is 9.59. The lowest BCUT2D eigenvalue weighted by molar-refractivity contribution is 0.579. The third-order valence-electron chi connectivity index (χ3n) is 12.5. The van der Waals surface area contributed by atoms with E-state index in [1.54, 1.807) is 0 Å².